The number of halogens is 2. The predicted molar refractivity (Wildman–Crippen MR) is 139 cm³/mol. The molecule has 1 saturated heterocycles. The zero-order valence-electron chi connectivity index (χ0n) is 17.7. The summed E-state index contributed by atoms with van der Waals surface area (Å²) in [6, 6.07) is 12.0. The maximum atomic E-state index is 12.9. The molecule has 0 radical (unpaired) electrons. The van der Waals surface area contributed by atoms with Gasteiger partial charge in [0.05, 0.1) is 33.6 Å². The van der Waals surface area contributed by atoms with Crippen LogP contribution < -0.4 is 0 Å². The van der Waals surface area contributed by atoms with Crippen molar-refractivity contribution in [2.45, 2.75) is 19.9 Å². The van der Waals surface area contributed by atoms with Crippen molar-refractivity contribution in [3.8, 4) is 0 Å². The number of nitrogens with zero attached hydrogens (tertiary/aromatic N) is 2. The fourth-order valence-corrected chi connectivity index (χ4v) is 5.46. The Morgan fingerprint density at radius 2 is 2.00 bits per heavy atom. The van der Waals surface area contributed by atoms with E-state index in [1.54, 1.807) is 12.0 Å². The number of para-hydroxylation sites is 1. The maximum Gasteiger partial charge on any atom is 0.266 e. The average Bonchev–Trinajstić information content (AvgIpc) is 3.26. The van der Waals surface area contributed by atoms with Crippen LogP contribution in [0.4, 0.5) is 0 Å². The lowest BCUT2D eigenvalue weighted by Gasteiger charge is -2.12. The van der Waals surface area contributed by atoms with Gasteiger partial charge in [-0.3, -0.25) is 9.69 Å². The zero-order valence-corrected chi connectivity index (χ0v) is 20.9. The number of carbonyl (C=O) groups is 1. The van der Waals surface area contributed by atoms with Crippen LogP contribution in [-0.4, -0.2) is 40.0 Å². The molecule has 1 fully saturated rings. The number of rotatable bonds is 7. The molecule has 32 heavy (non-hydrogen) atoms. The van der Waals surface area contributed by atoms with Gasteiger partial charge in [0.1, 0.15) is 4.32 Å². The van der Waals surface area contributed by atoms with E-state index in [2.05, 4.69) is 35.9 Å². The highest BCUT2D eigenvalue weighted by Crippen LogP contribution is 2.35. The minimum atomic E-state index is -0.0749. The fraction of sp³-hybridized carbons (Fsp3) is 0.250. The van der Waals surface area contributed by atoms with E-state index in [4.69, 9.17) is 40.2 Å². The number of thioether (sulfide) groups is 1. The average molecular weight is 505 g/mol. The summed E-state index contributed by atoms with van der Waals surface area (Å²) in [6.45, 7) is 3.69. The van der Waals surface area contributed by atoms with E-state index in [1.807, 2.05) is 24.3 Å². The van der Waals surface area contributed by atoms with E-state index in [0.717, 1.165) is 28.5 Å². The van der Waals surface area contributed by atoms with Crippen LogP contribution in [0.15, 0.2) is 47.5 Å². The molecule has 0 unspecified atom stereocenters. The van der Waals surface area contributed by atoms with Crippen molar-refractivity contribution in [2.24, 2.45) is 0 Å². The Labute approximate surface area is 207 Å². The van der Waals surface area contributed by atoms with Crippen molar-refractivity contribution in [1.82, 2.24) is 9.47 Å². The number of amides is 1. The van der Waals surface area contributed by atoms with Crippen LogP contribution in [-0.2, 0) is 22.5 Å². The summed E-state index contributed by atoms with van der Waals surface area (Å²) in [5.74, 6) is -0.0749. The highest BCUT2D eigenvalue weighted by Gasteiger charge is 2.31. The third-order valence-corrected chi connectivity index (χ3v) is 7.53. The van der Waals surface area contributed by atoms with Crippen molar-refractivity contribution >= 4 is 74.4 Å². The van der Waals surface area contributed by atoms with Crippen LogP contribution in [0.5, 0.6) is 0 Å². The van der Waals surface area contributed by atoms with Gasteiger partial charge in [-0.05, 0) is 35.8 Å². The molecule has 1 aliphatic rings. The Morgan fingerprint density at radius 1 is 1.19 bits per heavy atom. The molecule has 0 atom stereocenters. The van der Waals surface area contributed by atoms with Gasteiger partial charge in [0, 0.05) is 30.8 Å². The second-order valence-electron chi connectivity index (χ2n) is 7.45. The molecule has 4 rings (SSSR count). The van der Waals surface area contributed by atoms with Crippen molar-refractivity contribution in [2.75, 3.05) is 20.3 Å². The van der Waals surface area contributed by atoms with E-state index in [1.165, 1.54) is 17.3 Å². The Hall–Kier alpha value is -1.83. The summed E-state index contributed by atoms with van der Waals surface area (Å²) in [6.07, 6.45) is 4.94. The van der Waals surface area contributed by atoms with E-state index in [9.17, 15) is 4.79 Å². The van der Waals surface area contributed by atoms with Gasteiger partial charge < -0.3 is 9.30 Å². The summed E-state index contributed by atoms with van der Waals surface area (Å²) in [5, 5.41) is 2.18. The molecule has 166 valence electrons. The highest BCUT2D eigenvalue weighted by molar-refractivity contribution is 8.26. The molecule has 0 aliphatic carbocycles. The standard InChI is InChI=1S/C24H22Cl2N2O2S2/c1-3-16-5-4-6-18-17(12-21-23(29)28(9-10-30-2)24(31)32-21)14-27(22(16)18)13-15-7-8-19(25)20(26)11-15/h4-8,11-12,14H,3,9-10,13H2,1-2H3/b21-12-. The SMILES string of the molecule is CCc1cccc2c(/C=C3\SC(=S)N(CCOC)C3=O)cn(Cc3ccc(Cl)c(Cl)c3)c12. The fourth-order valence-electron chi connectivity index (χ4n) is 3.84. The minimum absolute atomic E-state index is 0.0749. The normalized spacial score (nSPS) is 15.5. The molecule has 0 N–H and O–H groups in total. The number of methoxy groups -OCH3 is 1. The van der Waals surface area contributed by atoms with Crippen molar-refractivity contribution in [3.63, 3.8) is 0 Å². The van der Waals surface area contributed by atoms with Gasteiger partial charge in [0.25, 0.3) is 5.91 Å². The molecule has 8 heteroatoms. The monoisotopic (exact) mass is 504 g/mol. The van der Waals surface area contributed by atoms with Crippen LogP contribution in [0, 0.1) is 0 Å². The molecule has 4 nitrogen and oxygen atoms in total. The molecule has 2 aromatic carbocycles. The Kier molecular flexibility index (Phi) is 7.27. The first kappa shape index (κ1) is 23.3. The Balaban J connectivity index is 1.76. The predicted octanol–water partition coefficient (Wildman–Crippen LogP) is 6.41. The van der Waals surface area contributed by atoms with Gasteiger partial charge in [0.2, 0.25) is 0 Å². The molecule has 1 aromatic heterocycles. The number of carbonyl (C=O) groups excluding carboxylic acids is 1. The van der Waals surface area contributed by atoms with Crippen LogP contribution in [0.3, 0.4) is 0 Å². The largest absolute Gasteiger partial charge is 0.383 e. The lowest BCUT2D eigenvalue weighted by atomic mass is 10.1. The number of fused-ring (bicyclic) bond motifs is 1. The van der Waals surface area contributed by atoms with Crippen molar-refractivity contribution < 1.29 is 9.53 Å². The zero-order chi connectivity index (χ0) is 22.8. The van der Waals surface area contributed by atoms with Gasteiger partial charge in [-0.2, -0.15) is 0 Å². The smallest absolute Gasteiger partial charge is 0.266 e. The van der Waals surface area contributed by atoms with Gasteiger partial charge >= 0.3 is 0 Å². The summed E-state index contributed by atoms with van der Waals surface area (Å²) < 4.78 is 7.89. The number of benzene rings is 2. The molecule has 3 aromatic rings. The summed E-state index contributed by atoms with van der Waals surface area (Å²) in [5.41, 5.74) is 4.44. The number of hydrogen-bond donors (Lipinski definition) is 0. The first-order valence-corrected chi connectivity index (χ1v) is 12.2. The Morgan fingerprint density at radius 3 is 2.72 bits per heavy atom. The number of hydrogen-bond acceptors (Lipinski definition) is 4. The number of ether oxygens (including phenoxy) is 1. The van der Waals surface area contributed by atoms with Crippen LogP contribution >= 0.6 is 47.2 Å². The highest BCUT2D eigenvalue weighted by atomic mass is 35.5. The van der Waals surface area contributed by atoms with Crippen molar-refractivity contribution in [3.05, 3.63) is 74.2 Å². The molecule has 0 bridgehead atoms. The lowest BCUT2D eigenvalue weighted by Crippen LogP contribution is -2.31. The molecule has 1 aliphatic heterocycles. The lowest BCUT2D eigenvalue weighted by molar-refractivity contribution is -0.122. The number of aromatic nitrogens is 1. The molecular weight excluding hydrogens is 483 g/mol. The summed E-state index contributed by atoms with van der Waals surface area (Å²) in [4.78, 5) is 15.1. The number of thiocarbonyl (C=S) groups is 1. The third kappa shape index (κ3) is 4.61. The van der Waals surface area contributed by atoms with Gasteiger partial charge in [0.15, 0.2) is 0 Å². The van der Waals surface area contributed by atoms with Crippen molar-refractivity contribution in [1.29, 1.82) is 0 Å². The summed E-state index contributed by atoms with van der Waals surface area (Å²) in [7, 11) is 1.61. The van der Waals surface area contributed by atoms with E-state index < -0.39 is 0 Å². The second kappa shape index (κ2) is 9.98. The molecule has 0 saturated carbocycles. The minimum Gasteiger partial charge on any atom is -0.383 e. The second-order valence-corrected chi connectivity index (χ2v) is 9.94. The van der Waals surface area contributed by atoms with Crippen LogP contribution in [0.25, 0.3) is 17.0 Å². The topological polar surface area (TPSA) is 34.5 Å². The van der Waals surface area contributed by atoms with E-state index >= 15 is 0 Å². The third-order valence-electron chi connectivity index (χ3n) is 5.41. The van der Waals surface area contributed by atoms with Crippen LogP contribution in [0.1, 0.15) is 23.6 Å². The number of aryl methyl sites for hydroxylation is 1. The molecule has 2 heterocycles. The van der Waals surface area contributed by atoms with E-state index in [0.29, 0.717) is 39.0 Å². The van der Waals surface area contributed by atoms with Crippen LogP contribution in [0.2, 0.25) is 10.0 Å². The molecule has 0 spiro atoms. The first-order chi connectivity index (χ1) is 15.4. The summed E-state index contributed by atoms with van der Waals surface area (Å²) >= 11 is 19.1. The maximum absolute atomic E-state index is 12.9. The quantitative estimate of drug-likeness (QED) is 0.275. The van der Waals surface area contributed by atoms with Gasteiger partial charge in [-0.25, -0.2) is 0 Å². The van der Waals surface area contributed by atoms with Gasteiger partial charge in [-0.15, -0.1) is 0 Å². The Bertz CT molecular complexity index is 1240. The van der Waals surface area contributed by atoms with E-state index in [-0.39, 0.29) is 5.91 Å². The molecular formula is C24H22Cl2N2O2S2. The molecule has 1 amide bonds. The van der Waals surface area contributed by atoms with Gasteiger partial charge in [-0.1, -0.05) is 78.4 Å². The first-order valence-electron chi connectivity index (χ1n) is 10.2.